The van der Waals surface area contributed by atoms with Crippen molar-refractivity contribution in [2.45, 2.75) is 46.7 Å². The average Bonchev–Trinajstić information content (AvgIpc) is 3.04. The van der Waals surface area contributed by atoms with Gasteiger partial charge in [-0.15, -0.1) is 0 Å². The second kappa shape index (κ2) is 9.37. The Morgan fingerprint density at radius 1 is 1.10 bits per heavy atom. The number of rotatable bonds is 8. The molecule has 6 heteroatoms. The van der Waals surface area contributed by atoms with Gasteiger partial charge in [0.2, 0.25) is 5.91 Å². The first-order valence-corrected chi connectivity index (χ1v) is 10.1. The van der Waals surface area contributed by atoms with Crippen molar-refractivity contribution < 1.29 is 9.59 Å². The van der Waals surface area contributed by atoms with E-state index in [0.29, 0.717) is 24.6 Å². The summed E-state index contributed by atoms with van der Waals surface area (Å²) in [5.41, 5.74) is 3.37. The van der Waals surface area contributed by atoms with E-state index in [0.717, 1.165) is 35.1 Å². The number of hydrogen-bond donors (Lipinski definition) is 2. The van der Waals surface area contributed by atoms with Gasteiger partial charge in [0.1, 0.15) is 5.69 Å². The predicted molar refractivity (Wildman–Crippen MR) is 116 cm³/mol. The molecule has 3 aromatic rings. The third-order valence-electron chi connectivity index (χ3n) is 4.66. The Hall–Kier alpha value is -3.15. The van der Waals surface area contributed by atoms with Crippen LogP contribution >= 0.6 is 0 Å². The lowest BCUT2D eigenvalue weighted by Crippen LogP contribution is -2.25. The van der Waals surface area contributed by atoms with Crippen molar-refractivity contribution in [3.05, 3.63) is 60.0 Å². The van der Waals surface area contributed by atoms with Gasteiger partial charge in [0.05, 0.1) is 0 Å². The summed E-state index contributed by atoms with van der Waals surface area (Å²) in [6.45, 7) is 7.33. The Bertz CT molecular complexity index is 993. The SMILES string of the molecule is CCCn1c(C(=O)NCc2ccncc2)cc2cc(NC(=O)CC(C)C)ccc21. The van der Waals surface area contributed by atoms with E-state index in [1.54, 1.807) is 12.4 Å². The molecule has 0 saturated heterocycles. The standard InChI is InChI=1S/C23H28N4O2/c1-4-11-27-20-6-5-19(26-22(28)12-16(2)3)13-18(20)14-21(27)23(29)25-15-17-7-9-24-10-8-17/h5-10,13-14,16H,4,11-12,15H2,1-3H3,(H,25,29)(H,26,28). The summed E-state index contributed by atoms with van der Waals surface area (Å²) in [5, 5.41) is 6.87. The van der Waals surface area contributed by atoms with Crippen LogP contribution in [-0.4, -0.2) is 21.4 Å². The van der Waals surface area contributed by atoms with Crippen molar-refractivity contribution >= 4 is 28.4 Å². The molecular weight excluding hydrogens is 364 g/mol. The molecule has 0 bridgehead atoms. The van der Waals surface area contributed by atoms with Gasteiger partial charge in [0.15, 0.2) is 0 Å². The van der Waals surface area contributed by atoms with Crippen LogP contribution in [-0.2, 0) is 17.9 Å². The molecule has 2 amide bonds. The van der Waals surface area contributed by atoms with Gasteiger partial charge in [0.25, 0.3) is 5.91 Å². The van der Waals surface area contributed by atoms with Crippen molar-refractivity contribution in [3.63, 3.8) is 0 Å². The van der Waals surface area contributed by atoms with E-state index in [-0.39, 0.29) is 11.8 Å². The first kappa shape index (κ1) is 20.6. The molecule has 6 nitrogen and oxygen atoms in total. The highest BCUT2D eigenvalue weighted by Crippen LogP contribution is 2.24. The Balaban J connectivity index is 1.83. The summed E-state index contributed by atoms with van der Waals surface area (Å²) >= 11 is 0. The first-order valence-electron chi connectivity index (χ1n) is 10.1. The first-order chi connectivity index (χ1) is 14.0. The van der Waals surface area contributed by atoms with Crippen LogP contribution in [0.5, 0.6) is 0 Å². The number of anilines is 1. The minimum Gasteiger partial charge on any atom is -0.347 e. The molecule has 2 heterocycles. The normalized spacial score (nSPS) is 11.0. The second-order valence-corrected chi connectivity index (χ2v) is 7.64. The summed E-state index contributed by atoms with van der Waals surface area (Å²) in [6, 6.07) is 11.5. The van der Waals surface area contributed by atoms with E-state index in [1.807, 2.05) is 54.8 Å². The average molecular weight is 393 g/mol. The zero-order chi connectivity index (χ0) is 20.8. The van der Waals surface area contributed by atoms with Gasteiger partial charge in [-0.3, -0.25) is 14.6 Å². The molecule has 0 fully saturated rings. The van der Waals surface area contributed by atoms with Crippen LogP contribution in [0.25, 0.3) is 10.9 Å². The van der Waals surface area contributed by atoms with Crippen molar-refractivity contribution in [1.82, 2.24) is 14.9 Å². The van der Waals surface area contributed by atoms with E-state index >= 15 is 0 Å². The maximum atomic E-state index is 12.8. The molecule has 1 aromatic carbocycles. The van der Waals surface area contributed by atoms with E-state index < -0.39 is 0 Å². The fourth-order valence-corrected chi connectivity index (χ4v) is 3.36. The number of nitrogens with one attached hydrogen (secondary N) is 2. The van der Waals surface area contributed by atoms with Crippen LogP contribution < -0.4 is 10.6 Å². The van der Waals surface area contributed by atoms with Gasteiger partial charge in [0, 0.05) is 48.5 Å². The molecule has 0 spiro atoms. The lowest BCUT2D eigenvalue weighted by Gasteiger charge is -2.11. The number of fused-ring (bicyclic) bond motifs is 1. The van der Waals surface area contributed by atoms with E-state index in [1.165, 1.54) is 0 Å². The van der Waals surface area contributed by atoms with E-state index in [4.69, 9.17) is 0 Å². The maximum absolute atomic E-state index is 12.8. The summed E-state index contributed by atoms with van der Waals surface area (Å²) in [4.78, 5) is 28.9. The van der Waals surface area contributed by atoms with Crippen molar-refractivity contribution in [3.8, 4) is 0 Å². The third kappa shape index (κ3) is 5.22. The van der Waals surface area contributed by atoms with E-state index in [2.05, 4.69) is 22.5 Å². The minimum absolute atomic E-state index is 0.00246. The molecule has 0 aliphatic carbocycles. The van der Waals surface area contributed by atoms with Gasteiger partial charge < -0.3 is 15.2 Å². The summed E-state index contributed by atoms with van der Waals surface area (Å²) in [6.07, 6.45) is 4.83. The molecular formula is C23H28N4O2. The summed E-state index contributed by atoms with van der Waals surface area (Å²) < 4.78 is 2.04. The smallest absolute Gasteiger partial charge is 0.268 e. The highest BCUT2D eigenvalue weighted by molar-refractivity contribution is 6.00. The zero-order valence-electron chi connectivity index (χ0n) is 17.2. The number of carbonyl (C=O) groups is 2. The Morgan fingerprint density at radius 2 is 1.86 bits per heavy atom. The highest BCUT2D eigenvalue weighted by Gasteiger charge is 2.16. The molecule has 0 aliphatic rings. The lowest BCUT2D eigenvalue weighted by molar-refractivity contribution is -0.116. The van der Waals surface area contributed by atoms with Gasteiger partial charge in [-0.1, -0.05) is 20.8 Å². The zero-order valence-corrected chi connectivity index (χ0v) is 17.2. The molecule has 0 radical (unpaired) electrons. The molecule has 29 heavy (non-hydrogen) atoms. The van der Waals surface area contributed by atoms with Gasteiger partial charge >= 0.3 is 0 Å². The van der Waals surface area contributed by atoms with Crippen molar-refractivity contribution in [2.75, 3.05) is 5.32 Å². The molecule has 0 saturated carbocycles. The number of amides is 2. The van der Waals surface area contributed by atoms with Crippen LogP contribution in [0.2, 0.25) is 0 Å². The number of nitrogens with zero attached hydrogens (tertiary/aromatic N) is 2. The maximum Gasteiger partial charge on any atom is 0.268 e. The second-order valence-electron chi connectivity index (χ2n) is 7.64. The van der Waals surface area contributed by atoms with Crippen LogP contribution in [0.4, 0.5) is 5.69 Å². The van der Waals surface area contributed by atoms with Crippen LogP contribution in [0.1, 0.15) is 49.7 Å². The topological polar surface area (TPSA) is 76.0 Å². The van der Waals surface area contributed by atoms with Crippen molar-refractivity contribution in [1.29, 1.82) is 0 Å². The van der Waals surface area contributed by atoms with Crippen LogP contribution in [0.3, 0.4) is 0 Å². The molecule has 2 N–H and O–H groups in total. The van der Waals surface area contributed by atoms with Gasteiger partial charge in [-0.25, -0.2) is 0 Å². The number of carbonyl (C=O) groups excluding carboxylic acids is 2. The number of pyridine rings is 1. The predicted octanol–water partition coefficient (Wildman–Crippen LogP) is 4.36. The molecule has 0 unspecified atom stereocenters. The number of benzene rings is 1. The van der Waals surface area contributed by atoms with Gasteiger partial charge in [-0.2, -0.15) is 0 Å². The third-order valence-corrected chi connectivity index (χ3v) is 4.66. The molecule has 0 aliphatic heterocycles. The largest absolute Gasteiger partial charge is 0.347 e. The Morgan fingerprint density at radius 3 is 2.55 bits per heavy atom. The van der Waals surface area contributed by atoms with E-state index in [9.17, 15) is 9.59 Å². The van der Waals surface area contributed by atoms with Crippen LogP contribution in [0.15, 0.2) is 48.8 Å². The number of aromatic nitrogens is 2. The summed E-state index contributed by atoms with van der Waals surface area (Å²) in [7, 11) is 0. The van der Waals surface area contributed by atoms with Gasteiger partial charge in [-0.05, 0) is 54.3 Å². The molecule has 152 valence electrons. The Kier molecular flexibility index (Phi) is 6.65. The number of hydrogen-bond acceptors (Lipinski definition) is 3. The summed E-state index contributed by atoms with van der Waals surface area (Å²) in [5.74, 6) is 0.194. The monoisotopic (exact) mass is 392 g/mol. The highest BCUT2D eigenvalue weighted by atomic mass is 16.2. The fraction of sp³-hybridized carbons (Fsp3) is 0.348. The quantitative estimate of drug-likeness (QED) is 0.598. The Labute approximate surface area is 171 Å². The fourth-order valence-electron chi connectivity index (χ4n) is 3.36. The number of aryl methyl sites for hydroxylation is 1. The minimum atomic E-state index is -0.114. The lowest BCUT2D eigenvalue weighted by atomic mass is 10.1. The molecule has 3 rings (SSSR count). The molecule has 2 aromatic heterocycles. The van der Waals surface area contributed by atoms with Crippen LogP contribution in [0, 0.1) is 5.92 Å². The van der Waals surface area contributed by atoms with Crippen molar-refractivity contribution in [2.24, 2.45) is 5.92 Å². The molecule has 0 atom stereocenters.